The molecule has 1 aromatic rings. The van der Waals surface area contributed by atoms with E-state index in [9.17, 15) is 9.59 Å². The summed E-state index contributed by atoms with van der Waals surface area (Å²) in [4.78, 5) is 26.5. The van der Waals surface area contributed by atoms with E-state index < -0.39 is 6.04 Å². The first-order valence-corrected chi connectivity index (χ1v) is 7.96. The average molecular weight is 303 g/mol. The summed E-state index contributed by atoms with van der Waals surface area (Å²) in [5.74, 6) is -0.0981. The Kier molecular flexibility index (Phi) is 5.58. The highest BCUT2D eigenvalue weighted by atomic mass is 16.5. The topological polar surface area (TPSA) is 46.6 Å². The van der Waals surface area contributed by atoms with Crippen LogP contribution >= 0.6 is 0 Å². The molecule has 4 heteroatoms. The van der Waals surface area contributed by atoms with Crippen LogP contribution in [0.1, 0.15) is 32.3 Å². The number of methoxy groups -OCH3 is 1. The van der Waals surface area contributed by atoms with Gasteiger partial charge in [0.1, 0.15) is 6.04 Å². The van der Waals surface area contributed by atoms with Gasteiger partial charge >= 0.3 is 5.97 Å². The van der Waals surface area contributed by atoms with Crippen molar-refractivity contribution in [3.8, 4) is 0 Å². The van der Waals surface area contributed by atoms with Crippen LogP contribution in [0, 0.1) is 11.8 Å². The van der Waals surface area contributed by atoms with Gasteiger partial charge in [0, 0.05) is 12.5 Å². The number of likely N-dealkylation sites (tertiary alicyclic amines) is 1. The maximum absolute atomic E-state index is 12.9. The largest absolute Gasteiger partial charge is 0.467 e. The monoisotopic (exact) mass is 303 g/mol. The number of amides is 1. The van der Waals surface area contributed by atoms with E-state index in [1.54, 1.807) is 4.90 Å². The molecule has 22 heavy (non-hydrogen) atoms. The Morgan fingerprint density at radius 3 is 2.55 bits per heavy atom. The van der Waals surface area contributed by atoms with Gasteiger partial charge in [-0.25, -0.2) is 4.79 Å². The predicted molar refractivity (Wildman–Crippen MR) is 85.2 cm³/mol. The Morgan fingerprint density at radius 2 is 1.95 bits per heavy atom. The molecule has 0 spiro atoms. The van der Waals surface area contributed by atoms with Gasteiger partial charge in [0.15, 0.2) is 0 Å². The van der Waals surface area contributed by atoms with Gasteiger partial charge in [-0.2, -0.15) is 0 Å². The average Bonchev–Trinajstić information content (AvgIpc) is 3.01. The van der Waals surface area contributed by atoms with E-state index in [0.29, 0.717) is 19.4 Å². The summed E-state index contributed by atoms with van der Waals surface area (Å²) in [6.45, 7) is 4.78. The fourth-order valence-corrected chi connectivity index (χ4v) is 3.10. The molecule has 2 rings (SSSR count). The van der Waals surface area contributed by atoms with Crippen LogP contribution in [-0.2, 0) is 20.7 Å². The zero-order valence-electron chi connectivity index (χ0n) is 13.6. The summed E-state index contributed by atoms with van der Waals surface area (Å²) >= 11 is 0. The second-order valence-electron chi connectivity index (χ2n) is 6.25. The van der Waals surface area contributed by atoms with Crippen molar-refractivity contribution < 1.29 is 14.3 Å². The van der Waals surface area contributed by atoms with Crippen molar-refractivity contribution in [2.24, 2.45) is 11.8 Å². The molecular formula is C18H25NO3. The van der Waals surface area contributed by atoms with Crippen molar-refractivity contribution in [2.45, 2.75) is 39.2 Å². The van der Waals surface area contributed by atoms with E-state index in [1.807, 2.05) is 30.3 Å². The van der Waals surface area contributed by atoms with Crippen LogP contribution in [0.3, 0.4) is 0 Å². The van der Waals surface area contributed by atoms with Crippen molar-refractivity contribution in [2.75, 3.05) is 13.7 Å². The molecule has 1 amide bonds. The van der Waals surface area contributed by atoms with Crippen LogP contribution in [0.2, 0.25) is 0 Å². The van der Waals surface area contributed by atoms with Gasteiger partial charge in [-0.3, -0.25) is 4.79 Å². The number of carbonyl (C=O) groups excluding carboxylic acids is 2. The third-order valence-electron chi connectivity index (χ3n) is 4.43. The van der Waals surface area contributed by atoms with Crippen molar-refractivity contribution in [3.63, 3.8) is 0 Å². The SMILES string of the molecule is COC(=O)[C@@H]1CCCN1C(=O)C(Cc1ccccc1)C(C)C. The van der Waals surface area contributed by atoms with Crippen LogP contribution < -0.4 is 0 Å². The fourth-order valence-electron chi connectivity index (χ4n) is 3.10. The first-order valence-electron chi connectivity index (χ1n) is 7.96. The lowest BCUT2D eigenvalue weighted by atomic mass is 9.87. The summed E-state index contributed by atoms with van der Waals surface area (Å²) in [5, 5.41) is 0. The first-order chi connectivity index (χ1) is 10.5. The van der Waals surface area contributed by atoms with E-state index in [1.165, 1.54) is 7.11 Å². The number of nitrogens with zero attached hydrogens (tertiary/aromatic N) is 1. The first kappa shape index (κ1) is 16.5. The molecule has 4 nitrogen and oxygen atoms in total. The van der Waals surface area contributed by atoms with Gasteiger partial charge in [-0.1, -0.05) is 44.2 Å². The highest BCUT2D eigenvalue weighted by Crippen LogP contribution is 2.26. The Balaban J connectivity index is 2.14. The number of hydrogen-bond acceptors (Lipinski definition) is 3. The highest BCUT2D eigenvalue weighted by molar-refractivity contribution is 5.86. The minimum Gasteiger partial charge on any atom is -0.467 e. The fraction of sp³-hybridized carbons (Fsp3) is 0.556. The Hall–Kier alpha value is -1.84. The number of rotatable bonds is 5. The number of hydrogen-bond donors (Lipinski definition) is 0. The molecule has 0 aromatic heterocycles. The molecule has 0 saturated carbocycles. The van der Waals surface area contributed by atoms with Crippen LogP contribution in [-0.4, -0.2) is 36.5 Å². The quantitative estimate of drug-likeness (QED) is 0.786. The standard InChI is InChI=1S/C18H25NO3/c1-13(2)15(12-14-8-5-4-6-9-14)17(20)19-11-7-10-16(19)18(21)22-3/h4-6,8-9,13,15-16H,7,10-12H2,1-3H3/t15?,16-/m0/s1. The number of carbonyl (C=O) groups is 2. The van der Waals surface area contributed by atoms with E-state index in [0.717, 1.165) is 12.0 Å². The van der Waals surface area contributed by atoms with Gasteiger partial charge < -0.3 is 9.64 Å². The van der Waals surface area contributed by atoms with Crippen molar-refractivity contribution in [1.29, 1.82) is 0 Å². The molecule has 0 bridgehead atoms. The summed E-state index contributed by atoms with van der Waals surface area (Å²) in [5.41, 5.74) is 1.16. The summed E-state index contributed by atoms with van der Waals surface area (Å²) in [6, 6.07) is 9.64. The number of benzene rings is 1. The van der Waals surface area contributed by atoms with Crippen molar-refractivity contribution in [1.82, 2.24) is 4.90 Å². The Labute approximate surface area is 132 Å². The molecule has 1 unspecified atom stereocenters. The zero-order valence-corrected chi connectivity index (χ0v) is 13.6. The second-order valence-corrected chi connectivity index (χ2v) is 6.25. The van der Waals surface area contributed by atoms with E-state index in [2.05, 4.69) is 13.8 Å². The molecule has 1 aliphatic rings. The zero-order chi connectivity index (χ0) is 16.1. The van der Waals surface area contributed by atoms with Crippen LogP contribution in [0.4, 0.5) is 0 Å². The second kappa shape index (κ2) is 7.43. The number of ether oxygens (including phenoxy) is 1. The highest BCUT2D eigenvalue weighted by Gasteiger charge is 2.38. The lowest BCUT2D eigenvalue weighted by Gasteiger charge is -2.29. The molecule has 0 aliphatic carbocycles. The van der Waals surface area contributed by atoms with Crippen molar-refractivity contribution in [3.05, 3.63) is 35.9 Å². The molecule has 1 aromatic carbocycles. The minimum absolute atomic E-state index is 0.0757. The summed E-state index contributed by atoms with van der Waals surface area (Å²) < 4.78 is 4.84. The van der Waals surface area contributed by atoms with Crippen molar-refractivity contribution >= 4 is 11.9 Å². The van der Waals surface area contributed by atoms with Gasteiger partial charge in [0.2, 0.25) is 5.91 Å². The van der Waals surface area contributed by atoms with Crippen LogP contribution in [0.25, 0.3) is 0 Å². The Bertz CT molecular complexity index is 512. The normalized spacial score (nSPS) is 19.3. The Morgan fingerprint density at radius 1 is 1.27 bits per heavy atom. The van der Waals surface area contributed by atoms with Gasteiger partial charge in [0.25, 0.3) is 0 Å². The number of esters is 1. The molecule has 0 radical (unpaired) electrons. The van der Waals surface area contributed by atoms with E-state index >= 15 is 0 Å². The molecule has 1 aliphatic heterocycles. The summed E-state index contributed by atoms with van der Waals surface area (Å²) in [7, 11) is 1.38. The maximum Gasteiger partial charge on any atom is 0.328 e. The third kappa shape index (κ3) is 3.67. The predicted octanol–water partition coefficient (Wildman–Crippen LogP) is 2.67. The molecular weight excluding hydrogens is 278 g/mol. The molecule has 2 atom stereocenters. The molecule has 0 N–H and O–H groups in total. The van der Waals surface area contributed by atoms with Gasteiger partial charge in [-0.15, -0.1) is 0 Å². The molecule has 1 saturated heterocycles. The molecule has 1 fully saturated rings. The smallest absolute Gasteiger partial charge is 0.328 e. The molecule has 1 heterocycles. The van der Waals surface area contributed by atoms with Gasteiger partial charge in [0.05, 0.1) is 7.11 Å². The maximum atomic E-state index is 12.9. The lowest BCUT2D eigenvalue weighted by molar-refractivity contribution is -0.152. The summed E-state index contributed by atoms with van der Waals surface area (Å²) in [6.07, 6.45) is 2.28. The molecule has 120 valence electrons. The third-order valence-corrected chi connectivity index (χ3v) is 4.43. The van der Waals surface area contributed by atoms with E-state index in [-0.39, 0.29) is 23.7 Å². The van der Waals surface area contributed by atoms with Gasteiger partial charge in [-0.05, 0) is 30.7 Å². The lowest BCUT2D eigenvalue weighted by Crippen LogP contribution is -2.45. The minimum atomic E-state index is -0.408. The van der Waals surface area contributed by atoms with Crippen LogP contribution in [0.15, 0.2) is 30.3 Å². The van der Waals surface area contributed by atoms with Crippen LogP contribution in [0.5, 0.6) is 0 Å². The van der Waals surface area contributed by atoms with E-state index in [4.69, 9.17) is 4.74 Å².